The molecule has 0 fully saturated rings. The number of methoxy groups -OCH3 is 1. The van der Waals surface area contributed by atoms with Gasteiger partial charge in [-0.3, -0.25) is 4.21 Å². The van der Waals surface area contributed by atoms with Crippen molar-refractivity contribution in [2.45, 2.75) is 10.6 Å². The zero-order chi connectivity index (χ0) is 14.5. The van der Waals surface area contributed by atoms with E-state index in [9.17, 15) is 8.60 Å². The van der Waals surface area contributed by atoms with Gasteiger partial charge < -0.3 is 4.74 Å². The Labute approximate surface area is 119 Å². The fraction of sp³-hybridized carbons (Fsp3) is 0.133. The Morgan fingerprint density at radius 1 is 1.25 bits per heavy atom. The molecule has 20 heavy (non-hydrogen) atoms. The summed E-state index contributed by atoms with van der Waals surface area (Å²) in [7, 11) is 0.199. The van der Waals surface area contributed by atoms with Gasteiger partial charge in [0.1, 0.15) is 11.6 Å². The van der Waals surface area contributed by atoms with Gasteiger partial charge in [0.2, 0.25) is 0 Å². The number of benzene rings is 2. The van der Waals surface area contributed by atoms with Gasteiger partial charge in [-0.1, -0.05) is 0 Å². The van der Waals surface area contributed by atoms with Gasteiger partial charge >= 0.3 is 0 Å². The lowest BCUT2D eigenvalue weighted by molar-refractivity contribution is 0.411. The molecular weight excluding hydrogens is 277 g/mol. The molecule has 0 bridgehead atoms. The average Bonchev–Trinajstić information content (AvgIpc) is 2.47. The quantitative estimate of drug-likeness (QED) is 0.869. The average molecular weight is 289 g/mol. The largest absolute Gasteiger partial charge is 0.496 e. The second-order valence-electron chi connectivity index (χ2n) is 4.08. The van der Waals surface area contributed by atoms with E-state index >= 15 is 0 Å². The minimum Gasteiger partial charge on any atom is -0.496 e. The number of hydrogen-bond acceptors (Lipinski definition) is 3. The predicted molar refractivity (Wildman–Crippen MR) is 74.2 cm³/mol. The van der Waals surface area contributed by atoms with Crippen molar-refractivity contribution in [2.24, 2.45) is 0 Å². The summed E-state index contributed by atoms with van der Waals surface area (Å²) < 4.78 is 30.3. The van der Waals surface area contributed by atoms with E-state index in [2.05, 4.69) is 0 Å². The third-order valence-electron chi connectivity index (χ3n) is 2.77. The van der Waals surface area contributed by atoms with Crippen LogP contribution in [0.5, 0.6) is 5.75 Å². The van der Waals surface area contributed by atoms with Crippen molar-refractivity contribution in [3.63, 3.8) is 0 Å². The summed E-state index contributed by atoms with van der Waals surface area (Å²) in [6, 6.07) is 12.5. The first-order valence-electron chi connectivity index (χ1n) is 5.85. The van der Waals surface area contributed by atoms with Gasteiger partial charge in [-0.05, 0) is 42.5 Å². The molecule has 1 unspecified atom stereocenters. The summed E-state index contributed by atoms with van der Waals surface area (Å²) >= 11 is 0. The molecule has 2 rings (SSSR count). The van der Waals surface area contributed by atoms with Gasteiger partial charge in [0.25, 0.3) is 0 Å². The number of halogens is 1. The van der Waals surface area contributed by atoms with Crippen molar-refractivity contribution in [1.29, 1.82) is 5.26 Å². The number of nitriles is 1. The lowest BCUT2D eigenvalue weighted by atomic mass is 10.1. The van der Waals surface area contributed by atoms with Crippen molar-refractivity contribution in [1.82, 2.24) is 0 Å². The Morgan fingerprint density at radius 2 is 1.95 bits per heavy atom. The molecule has 5 heteroatoms. The third-order valence-corrected chi connectivity index (χ3v) is 4.14. The van der Waals surface area contributed by atoms with Crippen LogP contribution in [0.15, 0.2) is 47.4 Å². The van der Waals surface area contributed by atoms with E-state index in [1.807, 2.05) is 6.07 Å². The van der Waals surface area contributed by atoms with Gasteiger partial charge in [-0.2, -0.15) is 5.26 Å². The van der Waals surface area contributed by atoms with Crippen LogP contribution in [0.4, 0.5) is 4.39 Å². The molecule has 0 amide bonds. The van der Waals surface area contributed by atoms with Crippen molar-refractivity contribution in [3.05, 3.63) is 59.4 Å². The zero-order valence-electron chi connectivity index (χ0n) is 10.8. The molecule has 0 aliphatic carbocycles. The summed E-state index contributed by atoms with van der Waals surface area (Å²) in [6.45, 7) is 0. The maximum absolute atomic E-state index is 12.8. The summed E-state index contributed by atoms with van der Waals surface area (Å²) in [5.74, 6) is 0.430. The SMILES string of the molecule is COc1ccc(C#N)cc1CS(=O)c1ccc(F)cc1. The predicted octanol–water partition coefficient (Wildman–Crippen LogP) is 3.01. The van der Waals surface area contributed by atoms with E-state index in [4.69, 9.17) is 10.00 Å². The molecule has 3 nitrogen and oxygen atoms in total. The van der Waals surface area contributed by atoms with Crippen molar-refractivity contribution in [3.8, 4) is 11.8 Å². The van der Waals surface area contributed by atoms with E-state index in [0.29, 0.717) is 21.8 Å². The number of rotatable bonds is 4. The first kappa shape index (κ1) is 14.2. The first-order valence-corrected chi connectivity index (χ1v) is 7.17. The van der Waals surface area contributed by atoms with Gasteiger partial charge in [0.15, 0.2) is 0 Å². The number of hydrogen-bond donors (Lipinski definition) is 0. The molecule has 0 N–H and O–H groups in total. The highest BCUT2D eigenvalue weighted by Gasteiger charge is 2.10. The van der Waals surface area contributed by atoms with Crippen LogP contribution >= 0.6 is 0 Å². The minimum absolute atomic E-state index is 0.213. The fourth-order valence-corrected chi connectivity index (χ4v) is 2.89. The standard InChI is InChI=1S/C15H12FNO2S/c1-19-15-7-2-11(9-17)8-12(15)10-20(18)14-5-3-13(16)4-6-14/h2-8H,10H2,1H3. The van der Waals surface area contributed by atoms with E-state index in [-0.39, 0.29) is 11.6 Å². The van der Waals surface area contributed by atoms with Crippen molar-refractivity contribution < 1.29 is 13.3 Å². The Morgan fingerprint density at radius 3 is 2.55 bits per heavy atom. The lowest BCUT2D eigenvalue weighted by Gasteiger charge is -2.09. The Bertz CT molecular complexity index is 677. The first-order chi connectivity index (χ1) is 9.63. The van der Waals surface area contributed by atoms with Crippen molar-refractivity contribution in [2.75, 3.05) is 7.11 Å². The van der Waals surface area contributed by atoms with Gasteiger partial charge in [0.05, 0.1) is 35.3 Å². The summed E-state index contributed by atoms with van der Waals surface area (Å²) in [5.41, 5.74) is 1.17. The van der Waals surface area contributed by atoms with Gasteiger partial charge in [-0.25, -0.2) is 4.39 Å². The lowest BCUT2D eigenvalue weighted by Crippen LogP contribution is -2.00. The maximum atomic E-state index is 12.8. The molecule has 0 saturated carbocycles. The molecule has 0 saturated heterocycles. The van der Waals surface area contributed by atoms with Gasteiger partial charge in [-0.15, -0.1) is 0 Å². The van der Waals surface area contributed by atoms with E-state index in [1.54, 1.807) is 18.2 Å². The summed E-state index contributed by atoms with van der Waals surface area (Å²) in [4.78, 5) is 0.538. The van der Waals surface area contributed by atoms with Gasteiger partial charge in [0, 0.05) is 10.5 Å². The van der Waals surface area contributed by atoms with E-state index in [1.165, 1.54) is 31.4 Å². The highest BCUT2D eigenvalue weighted by atomic mass is 32.2. The normalized spacial score (nSPS) is 11.7. The number of nitrogens with zero attached hydrogens (tertiary/aromatic N) is 1. The molecule has 0 aliphatic heterocycles. The van der Waals surface area contributed by atoms with Crippen LogP contribution in [-0.2, 0) is 16.6 Å². The highest BCUT2D eigenvalue weighted by Crippen LogP contribution is 2.23. The van der Waals surface area contributed by atoms with E-state index < -0.39 is 10.8 Å². The van der Waals surface area contributed by atoms with Crippen LogP contribution in [0.3, 0.4) is 0 Å². The molecule has 0 heterocycles. The molecular formula is C15H12FNO2S. The van der Waals surface area contributed by atoms with Crippen LogP contribution in [-0.4, -0.2) is 11.3 Å². The minimum atomic E-state index is -1.32. The second kappa shape index (κ2) is 6.31. The van der Waals surface area contributed by atoms with E-state index in [0.717, 1.165) is 0 Å². The van der Waals surface area contributed by atoms with Crippen LogP contribution in [0.25, 0.3) is 0 Å². The fourth-order valence-electron chi connectivity index (χ4n) is 1.77. The summed E-state index contributed by atoms with van der Waals surface area (Å²) in [5, 5.41) is 8.90. The molecule has 0 spiro atoms. The monoisotopic (exact) mass is 289 g/mol. The highest BCUT2D eigenvalue weighted by molar-refractivity contribution is 7.84. The van der Waals surface area contributed by atoms with Crippen LogP contribution in [0, 0.1) is 17.1 Å². The molecule has 2 aromatic carbocycles. The van der Waals surface area contributed by atoms with Crippen LogP contribution in [0.2, 0.25) is 0 Å². The topological polar surface area (TPSA) is 50.1 Å². The molecule has 0 radical (unpaired) electrons. The molecule has 0 aromatic heterocycles. The van der Waals surface area contributed by atoms with Crippen molar-refractivity contribution >= 4 is 10.8 Å². The van der Waals surface area contributed by atoms with Crippen LogP contribution < -0.4 is 4.74 Å². The number of ether oxygens (including phenoxy) is 1. The van der Waals surface area contributed by atoms with Crippen LogP contribution in [0.1, 0.15) is 11.1 Å². The summed E-state index contributed by atoms with van der Waals surface area (Å²) in [6.07, 6.45) is 0. The molecule has 1 atom stereocenters. The maximum Gasteiger partial charge on any atom is 0.123 e. The Kier molecular flexibility index (Phi) is 4.49. The molecule has 102 valence electrons. The molecule has 0 aliphatic rings. The Hall–Kier alpha value is -2.19. The Balaban J connectivity index is 2.27. The smallest absolute Gasteiger partial charge is 0.123 e. The molecule has 2 aromatic rings. The third kappa shape index (κ3) is 3.22. The second-order valence-corrected chi connectivity index (χ2v) is 5.53. The zero-order valence-corrected chi connectivity index (χ0v) is 11.6.